The molecule has 1 saturated heterocycles. The second-order valence-electron chi connectivity index (χ2n) is 3.57. The third-order valence-electron chi connectivity index (χ3n) is 2.47. The summed E-state index contributed by atoms with van der Waals surface area (Å²) in [6.07, 6.45) is 0.522. The van der Waals surface area contributed by atoms with Crippen molar-refractivity contribution in [1.82, 2.24) is 10.2 Å². The van der Waals surface area contributed by atoms with Crippen LogP contribution in [0.2, 0.25) is 0 Å². The van der Waals surface area contributed by atoms with Crippen LogP contribution in [0.1, 0.15) is 19.8 Å². The summed E-state index contributed by atoms with van der Waals surface area (Å²) in [5, 5.41) is 2.46. The van der Waals surface area contributed by atoms with Gasteiger partial charge in [0, 0.05) is 7.05 Å². The number of nitrogens with one attached hydrogen (secondary N) is 1. The van der Waals surface area contributed by atoms with Crippen molar-refractivity contribution < 1.29 is 14.4 Å². The van der Waals surface area contributed by atoms with Crippen LogP contribution in [0.25, 0.3) is 0 Å². The van der Waals surface area contributed by atoms with Crippen LogP contribution in [0, 0.1) is 0 Å². The number of amides is 3. The Hall–Kier alpha value is -1.43. The quantitative estimate of drug-likeness (QED) is 0.564. The number of nitrogens with zero attached hydrogens (tertiary/aromatic N) is 1. The molecule has 6 nitrogen and oxygen atoms in total. The average molecular weight is 213 g/mol. The van der Waals surface area contributed by atoms with Crippen LogP contribution >= 0.6 is 0 Å². The van der Waals surface area contributed by atoms with Crippen LogP contribution in [0.4, 0.5) is 0 Å². The van der Waals surface area contributed by atoms with Crippen LogP contribution < -0.4 is 11.1 Å². The summed E-state index contributed by atoms with van der Waals surface area (Å²) >= 11 is 0. The van der Waals surface area contributed by atoms with Gasteiger partial charge >= 0.3 is 0 Å². The first-order chi connectivity index (χ1) is 6.97. The highest BCUT2D eigenvalue weighted by molar-refractivity contribution is 6.06. The van der Waals surface area contributed by atoms with E-state index < -0.39 is 12.1 Å². The van der Waals surface area contributed by atoms with Crippen LogP contribution in [0.5, 0.6) is 0 Å². The first-order valence-corrected chi connectivity index (χ1v) is 4.83. The molecule has 84 valence electrons. The van der Waals surface area contributed by atoms with Crippen LogP contribution in [0.3, 0.4) is 0 Å². The van der Waals surface area contributed by atoms with Gasteiger partial charge < -0.3 is 11.1 Å². The average Bonchev–Trinajstić information content (AvgIpc) is 2.45. The van der Waals surface area contributed by atoms with Gasteiger partial charge in [-0.3, -0.25) is 19.3 Å². The smallest absolute Gasteiger partial charge is 0.252 e. The second-order valence-corrected chi connectivity index (χ2v) is 3.57. The SMILES string of the molecule is CC[C@H](N)C(=O)NC1CC(=O)N(C)C1=O. The fourth-order valence-electron chi connectivity index (χ4n) is 1.33. The number of likely N-dealkylation sites (N-methyl/N-ethyl adjacent to an activating group) is 1. The van der Waals surface area contributed by atoms with Crippen molar-refractivity contribution in [3.8, 4) is 0 Å². The number of hydrogen-bond acceptors (Lipinski definition) is 4. The Labute approximate surface area is 87.8 Å². The van der Waals surface area contributed by atoms with Crippen molar-refractivity contribution in [2.24, 2.45) is 5.73 Å². The lowest BCUT2D eigenvalue weighted by molar-refractivity contribution is -0.138. The molecule has 0 radical (unpaired) electrons. The molecule has 1 unspecified atom stereocenters. The predicted molar refractivity (Wildman–Crippen MR) is 52.6 cm³/mol. The van der Waals surface area contributed by atoms with Gasteiger partial charge in [0.25, 0.3) is 5.91 Å². The van der Waals surface area contributed by atoms with Gasteiger partial charge in [0.2, 0.25) is 11.8 Å². The molecule has 6 heteroatoms. The summed E-state index contributed by atoms with van der Waals surface area (Å²) in [5.41, 5.74) is 5.49. The van der Waals surface area contributed by atoms with Gasteiger partial charge in [-0.25, -0.2) is 0 Å². The summed E-state index contributed by atoms with van der Waals surface area (Å²) in [6.45, 7) is 1.78. The van der Waals surface area contributed by atoms with E-state index in [0.29, 0.717) is 6.42 Å². The number of nitrogens with two attached hydrogens (primary N) is 1. The normalized spacial score (nSPS) is 23.1. The summed E-state index contributed by atoms with van der Waals surface area (Å²) in [4.78, 5) is 34.9. The third kappa shape index (κ3) is 2.33. The van der Waals surface area contributed by atoms with Crippen molar-refractivity contribution in [3.05, 3.63) is 0 Å². The lowest BCUT2D eigenvalue weighted by Crippen LogP contribution is -2.47. The Balaban J connectivity index is 2.57. The molecule has 0 aromatic carbocycles. The third-order valence-corrected chi connectivity index (χ3v) is 2.47. The maximum Gasteiger partial charge on any atom is 0.252 e. The highest BCUT2D eigenvalue weighted by Crippen LogP contribution is 2.10. The van der Waals surface area contributed by atoms with Crippen molar-refractivity contribution >= 4 is 17.7 Å². The molecule has 3 N–H and O–H groups in total. The Morgan fingerprint density at radius 1 is 1.67 bits per heavy atom. The Morgan fingerprint density at radius 2 is 2.27 bits per heavy atom. The molecule has 0 bridgehead atoms. The molecular weight excluding hydrogens is 198 g/mol. The zero-order valence-corrected chi connectivity index (χ0v) is 8.82. The van der Waals surface area contributed by atoms with Crippen LogP contribution in [-0.4, -0.2) is 41.8 Å². The summed E-state index contributed by atoms with van der Waals surface area (Å²) < 4.78 is 0. The van der Waals surface area contributed by atoms with Crippen LogP contribution in [-0.2, 0) is 14.4 Å². The number of imide groups is 1. The number of hydrogen-bond donors (Lipinski definition) is 2. The molecule has 1 rings (SSSR count). The van der Waals surface area contributed by atoms with Crippen molar-refractivity contribution in [2.75, 3.05) is 7.05 Å². The van der Waals surface area contributed by atoms with Crippen LogP contribution in [0.15, 0.2) is 0 Å². The van der Waals surface area contributed by atoms with Gasteiger partial charge in [0.05, 0.1) is 12.5 Å². The molecule has 0 saturated carbocycles. The summed E-state index contributed by atoms with van der Waals surface area (Å²) in [6, 6.07) is -1.37. The molecular formula is C9H15N3O3. The molecule has 0 aromatic rings. The Kier molecular flexibility index (Phi) is 3.41. The first kappa shape index (κ1) is 11.6. The van der Waals surface area contributed by atoms with Crippen molar-refractivity contribution in [3.63, 3.8) is 0 Å². The molecule has 0 spiro atoms. The fourth-order valence-corrected chi connectivity index (χ4v) is 1.33. The van der Waals surface area contributed by atoms with Crippen molar-refractivity contribution in [1.29, 1.82) is 0 Å². The zero-order valence-electron chi connectivity index (χ0n) is 8.82. The molecule has 2 atom stereocenters. The van der Waals surface area contributed by atoms with Gasteiger partial charge in [-0.15, -0.1) is 0 Å². The molecule has 0 aliphatic carbocycles. The van der Waals surface area contributed by atoms with Crippen molar-refractivity contribution in [2.45, 2.75) is 31.8 Å². The first-order valence-electron chi connectivity index (χ1n) is 4.83. The van der Waals surface area contributed by atoms with E-state index in [-0.39, 0.29) is 24.1 Å². The maximum atomic E-state index is 11.4. The minimum absolute atomic E-state index is 0.0253. The molecule has 1 heterocycles. The second kappa shape index (κ2) is 4.39. The number of likely N-dealkylation sites (tertiary alicyclic amines) is 1. The lowest BCUT2D eigenvalue weighted by atomic mass is 10.2. The maximum absolute atomic E-state index is 11.4. The van der Waals surface area contributed by atoms with E-state index in [1.54, 1.807) is 6.92 Å². The van der Waals surface area contributed by atoms with E-state index in [0.717, 1.165) is 4.90 Å². The lowest BCUT2D eigenvalue weighted by Gasteiger charge is -2.14. The number of rotatable bonds is 3. The van der Waals surface area contributed by atoms with Gasteiger partial charge in [-0.1, -0.05) is 6.92 Å². The summed E-state index contributed by atoms with van der Waals surface area (Å²) in [5.74, 6) is -1.05. The minimum atomic E-state index is -0.743. The molecule has 1 aliphatic rings. The molecule has 15 heavy (non-hydrogen) atoms. The minimum Gasteiger partial charge on any atom is -0.342 e. The van der Waals surface area contributed by atoms with E-state index in [9.17, 15) is 14.4 Å². The topological polar surface area (TPSA) is 92.5 Å². The molecule has 3 amide bonds. The van der Waals surface area contributed by atoms with E-state index in [4.69, 9.17) is 5.73 Å². The van der Waals surface area contributed by atoms with Gasteiger partial charge in [-0.2, -0.15) is 0 Å². The Morgan fingerprint density at radius 3 is 2.67 bits per heavy atom. The fraction of sp³-hybridized carbons (Fsp3) is 0.667. The number of carbonyl (C=O) groups is 3. The molecule has 0 aromatic heterocycles. The van der Waals surface area contributed by atoms with E-state index in [1.165, 1.54) is 7.05 Å². The van der Waals surface area contributed by atoms with Gasteiger partial charge in [0.1, 0.15) is 6.04 Å². The Bertz CT molecular complexity index is 303. The van der Waals surface area contributed by atoms with Gasteiger partial charge in [0.15, 0.2) is 0 Å². The number of carbonyl (C=O) groups excluding carboxylic acids is 3. The van der Waals surface area contributed by atoms with Gasteiger partial charge in [-0.05, 0) is 6.42 Å². The highest BCUT2D eigenvalue weighted by Gasteiger charge is 2.37. The summed E-state index contributed by atoms with van der Waals surface area (Å²) in [7, 11) is 1.40. The molecule has 1 aliphatic heterocycles. The predicted octanol–water partition coefficient (Wildman–Crippen LogP) is -1.40. The highest BCUT2D eigenvalue weighted by atomic mass is 16.2. The zero-order chi connectivity index (χ0) is 11.6. The van der Waals surface area contributed by atoms with E-state index in [1.807, 2.05) is 0 Å². The monoisotopic (exact) mass is 213 g/mol. The van der Waals surface area contributed by atoms with E-state index in [2.05, 4.69) is 5.32 Å². The largest absolute Gasteiger partial charge is 0.342 e. The standard InChI is InChI=1S/C9H15N3O3/c1-3-5(10)8(14)11-6-4-7(13)12(2)9(6)15/h5-6H,3-4,10H2,1-2H3,(H,11,14)/t5-,6?/m0/s1. The molecule has 1 fully saturated rings. The van der Waals surface area contributed by atoms with E-state index >= 15 is 0 Å².